The van der Waals surface area contributed by atoms with Crippen molar-refractivity contribution in [2.75, 3.05) is 37.4 Å². The Hall–Kier alpha value is -4.04. The second kappa shape index (κ2) is 12.1. The molecule has 0 N–H and O–H groups in total. The molecule has 1 aromatic heterocycles. The molecule has 216 valence electrons. The highest BCUT2D eigenvalue weighted by Gasteiger charge is 2.38. The smallest absolute Gasteiger partial charge is 0.242 e. The van der Waals surface area contributed by atoms with Crippen LogP contribution in [0.5, 0.6) is 5.75 Å². The van der Waals surface area contributed by atoms with Gasteiger partial charge in [0.1, 0.15) is 18.1 Å². The molecule has 8 heteroatoms. The van der Waals surface area contributed by atoms with Crippen LogP contribution in [0.15, 0.2) is 78.9 Å². The van der Waals surface area contributed by atoms with E-state index in [4.69, 9.17) is 9.84 Å². The Morgan fingerprint density at radius 1 is 1.00 bits per heavy atom. The SMILES string of the molecule is COc1ccc(-n2nc(-c3ccccc3)c3c2N(CC(=O)N2CCC(C)CC2)C(=O)CS[C@@H]3c2cccc(C)c2)cc1. The number of aryl methyl sites for hydroxylation is 1. The van der Waals surface area contributed by atoms with Gasteiger partial charge in [-0.3, -0.25) is 14.5 Å². The minimum Gasteiger partial charge on any atom is -0.497 e. The van der Waals surface area contributed by atoms with E-state index >= 15 is 0 Å². The molecule has 0 spiro atoms. The van der Waals surface area contributed by atoms with Crippen LogP contribution in [0.25, 0.3) is 16.9 Å². The van der Waals surface area contributed by atoms with E-state index in [0.29, 0.717) is 11.7 Å². The van der Waals surface area contributed by atoms with Crippen molar-refractivity contribution < 1.29 is 14.3 Å². The summed E-state index contributed by atoms with van der Waals surface area (Å²) in [6.07, 6.45) is 1.97. The Morgan fingerprint density at radius 3 is 2.43 bits per heavy atom. The lowest BCUT2D eigenvalue weighted by atomic mass is 9.98. The molecule has 0 aliphatic carbocycles. The number of ether oxygens (including phenoxy) is 1. The number of amides is 2. The Bertz CT molecular complexity index is 1580. The van der Waals surface area contributed by atoms with E-state index in [1.807, 2.05) is 52.0 Å². The average molecular weight is 581 g/mol. The fraction of sp³-hybridized carbons (Fsp3) is 0.324. The molecule has 42 heavy (non-hydrogen) atoms. The van der Waals surface area contributed by atoms with Gasteiger partial charge in [0.2, 0.25) is 11.8 Å². The van der Waals surface area contributed by atoms with Gasteiger partial charge in [0.05, 0.1) is 29.5 Å². The average Bonchev–Trinajstić information content (AvgIpc) is 3.34. The van der Waals surface area contributed by atoms with Crippen LogP contribution >= 0.6 is 11.8 Å². The van der Waals surface area contributed by atoms with Crippen LogP contribution < -0.4 is 9.64 Å². The van der Waals surface area contributed by atoms with E-state index in [1.165, 1.54) is 0 Å². The number of likely N-dealkylation sites (tertiary alicyclic amines) is 1. The summed E-state index contributed by atoms with van der Waals surface area (Å²) in [5.74, 6) is 2.13. The van der Waals surface area contributed by atoms with Crippen molar-refractivity contribution in [3.8, 4) is 22.7 Å². The minimum absolute atomic E-state index is 0.0165. The number of thioether (sulfide) groups is 1. The number of anilines is 1. The molecule has 7 nitrogen and oxygen atoms in total. The number of piperidine rings is 1. The van der Waals surface area contributed by atoms with E-state index < -0.39 is 0 Å². The number of fused-ring (bicyclic) bond motifs is 1. The summed E-state index contributed by atoms with van der Waals surface area (Å²) in [5.41, 5.74) is 5.77. The molecule has 1 atom stereocenters. The number of nitrogens with zero attached hydrogens (tertiary/aromatic N) is 4. The van der Waals surface area contributed by atoms with Crippen molar-refractivity contribution in [1.82, 2.24) is 14.7 Å². The quantitative estimate of drug-likeness (QED) is 0.268. The molecule has 2 amide bonds. The first-order valence-electron chi connectivity index (χ1n) is 14.5. The maximum Gasteiger partial charge on any atom is 0.242 e. The second-order valence-corrected chi connectivity index (χ2v) is 12.3. The van der Waals surface area contributed by atoms with E-state index in [0.717, 1.165) is 65.3 Å². The minimum atomic E-state index is -0.151. The summed E-state index contributed by atoms with van der Waals surface area (Å²) < 4.78 is 7.26. The Kier molecular flexibility index (Phi) is 8.07. The third kappa shape index (κ3) is 5.55. The standard InChI is InChI=1S/C34H36N4O3S/c1-23-16-18-36(19-17-23)29(39)21-37-30(40)22-42-33(26-11-7-8-24(2)20-26)31-32(25-9-5-4-6-10-25)35-38(34(31)37)27-12-14-28(41-3)15-13-27/h4-15,20,23,33H,16-19,21-22H2,1-3H3/t33-/m1/s1. The van der Waals surface area contributed by atoms with Crippen LogP contribution in [0.2, 0.25) is 0 Å². The molecular weight excluding hydrogens is 544 g/mol. The lowest BCUT2D eigenvalue weighted by molar-refractivity contribution is -0.132. The largest absolute Gasteiger partial charge is 0.497 e. The van der Waals surface area contributed by atoms with Gasteiger partial charge in [0.15, 0.2) is 0 Å². The van der Waals surface area contributed by atoms with Crippen molar-refractivity contribution in [3.05, 3.63) is 95.6 Å². The first-order chi connectivity index (χ1) is 20.4. The Labute approximate surface area is 251 Å². The van der Waals surface area contributed by atoms with Crippen LogP contribution in [0.1, 0.15) is 41.7 Å². The van der Waals surface area contributed by atoms with Crippen LogP contribution in [-0.2, 0) is 9.59 Å². The molecule has 0 bridgehead atoms. The fourth-order valence-corrected chi connectivity index (χ4v) is 7.01. The molecule has 1 saturated heterocycles. The summed E-state index contributed by atoms with van der Waals surface area (Å²) in [6, 6.07) is 26.2. The third-order valence-electron chi connectivity index (χ3n) is 8.23. The van der Waals surface area contributed by atoms with Gasteiger partial charge in [0, 0.05) is 24.2 Å². The van der Waals surface area contributed by atoms with E-state index in [2.05, 4.69) is 50.2 Å². The number of methoxy groups -OCH3 is 1. The number of aromatic nitrogens is 2. The van der Waals surface area contributed by atoms with Gasteiger partial charge in [-0.05, 0) is 55.5 Å². The normalized spacial score (nSPS) is 17.6. The maximum absolute atomic E-state index is 14.0. The highest BCUT2D eigenvalue weighted by Crippen LogP contribution is 2.48. The van der Waals surface area contributed by atoms with Crippen LogP contribution in [0.4, 0.5) is 5.82 Å². The molecule has 1 fully saturated rings. The van der Waals surface area contributed by atoms with Crippen molar-refractivity contribution in [2.24, 2.45) is 5.92 Å². The number of hydrogen-bond acceptors (Lipinski definition) is 5. The molecule has 0 unspecified atom stereocenters. The zero-order valence-electron chi connectivity index (χ0n) is 24.3. The number of carbonyl (C=O) groups is 2. The summed E-state index contributed by atoms with van der Waals surface area (Å²) in [7, 11) is 1.64. The lowest BCUT2D eigenvalue weighted by Crippen LogP contribution is -2.46. The van der Waals surface area contributed by atoms with Crippen LogP contribution in [-0.4, -0.2) is 59.0 Å². The summed E-state index contributed by atoms with van der Waals surface area (Å²) in [6.45, 7) is 5.75. The second-order valence-electron chi connectivity index (χ2n) is 11.2. The van der Waals surface area contributed by atoms with Crippen molar-refractivity contribution >= 4 is 29.4 Å². The molecule has 2 aliphatic heterocycles. The lowest BCUT2D eigenvalue weighted by Gasteiger charge is -2.32. The van der Waals surface area contributed by atoms with Gasteiger partial charge in [0.25, 0.3) is 0 Å². The van der Waals surface area contributed by atoms with Crippen LogP contribution in [0, 0.1) is 12.8 Å². The first kappa shape index (κ1) is 28.1. The molecule has 6 rings (SSSR count). The number of rotatable bonds is 6. The summed E-state index contributed by atoms with van der Waals surface area (Å²) in [5, 5.41) is 5.03. The predicted octanol–water partition coefficient (Wildman–Crippen LogP) is 6.28. The van der Waals surface area contributed by atoms with Gasteiger partial charge in [-0.25, -0.2) is 4.68 Å². The fourth-order valence-electron chi connectivity index (χ4n) is 5.82. The van der Waals surface area contributed by atoms with Gasteiger partial charge in [-0.2, -0.15) is 5.10 Å². The maximum atomic E-state index is 14.0. The number of hydrogen-bond donors (Lipinski definition) is 0. The van der Waals surface area contributed by atoms with E-state index in [9.17, 15) is 9.59 Å². The summed E-state index contributed by atoms with van der Waals surface area (Å²) >= 11 is 1.60. The summed E-state index contributed by atoms with van der Waals surface area (Å²) in [4.78, 5) is 31.3. The number of benzene rings is 3. The highest BCUT2D eigenvalue weighted by atomic mass is 32.2. The molecule has 3 aromatic carbocycles. The Balaban J connectivity index is 1.56. The van der Waals surface area contributed by atoms with Crippen molar-refractivity contribution in [2.45, 2.75) is 31.9 Å². The van der Waals surface area contributed by atoms with Crippen LogP contribution in [0.3, 0.4) is 0 Å². The Morgan fingerprint density at radius 2 is 1.74 bits per heavy atom. The molecule has 3 heterocycles. The molecule has 2 aliphatic rings. The first-order valence-corrected chi connectivity index (χ1v) is 15.6. The molecular formula is C34H36N4O3S. The monoisotopic (exact) mass is 580 g/mol. The highest BCUT2D eigenvalue weighted by molar-refractivity contribution is 8.00. The van der Waals surface area contributed by atoms with Crippen molar-refractivity contribution in [1.29, 1.82) is 0 Å². The van der Waals surface area contributed by atoms with Crippen molar-refractivity contribution in [3.63, 3.8) is 0 Å². The van der Waals surface area contributed by atoms with Gasteiger partial charge < -0.3 is 9.64 Å². The molecule has 0 saturated carbocycles. The zero-order chi connectivity index (χ0) is 29.2. The van der Waals surface area contributed by atoms with Gasteiger partial charge in [-0.1, -0.05) is 67.1 Å². The molecule has 0 radical (unpaired) electrons. The van der Waals surface area contributed by atoms with Gasteiger partial charge >= 0.3 is 0 Å². The third-order valence-corrected chi connectivity index (χ3v) is 9.48. The topological polar surface area (TPSA) is 67.7 Å². The molecule has 4 aromatic rings. The van der Waals surface area contributed by atoms with E-state index in [1.54, 1.807) is 23.8 Å². The predicted molar refractivity (Wildman–Crippen MR) is 168 cm³/mol. The zero-order valence-corrected chi connectivity index (χ0v) is 25.1. The number of carbonyl (C=O) groups excluding carboxylic acids is 2. The van der Waals surface area contributed by atoms with E-state index in [-0.39, 0.29) is 29.4 Å². The van der Waals surface area contributed by atoms with Gasteiger partial charge in [-0.15, -0.1) is 11.8 Å².